The minimum Gasteiger partial charge on any atom is -0.349 e. The number of rotatable bonds is 5. The van der Waals surface area contributed by atoms with Gasteiger partial charge in [0.25, 0.3) is 5.91 Å². The molecule has 0 aliphatic carbocycles. The minimum absolute atomic E-state index is 0.00649. The monoisotopic (exact) mass is 438 g/mol. The van der Waals surface area contributed by atoms with Gasteiger partial charge in [-0.3, -0.25) is 9.69 Å². The minimum atomic E-state index is -0.203. The molecule has 0 radical (unpaired) electrons. The second kappa shape index (κ2) is 9.55. The van der Waals surface area contributed by atoms with Gasteiger partial charge in [0, 0.05) is 31.2 Å². The molecule has 0 saturated carbocycles. The number of carbonyl (C=O) groups is 1. The predicted octanol–water partition coefficient (Wildman–Crippen LogP) is 6.04. The van der Waals surface area contributed by atoms with Gasteiger partial charge in [-0.05, 0) is 70.6 Å². The summed E-state index contributed by atoms with van der Waals surface area (Å²) >= 11 is 0. The number of likely N-dealkylation sites (tertiary alicyclic amines) is 1. The molecular weight excluding hydrogens is 411 g/mol. The highest BCUT2D eigenvalue weighted by molar-refractivity contribution is 5.95. The number of halogens is 1. The summed E-state index contributed by atoms with van der Waals surface area (Å²) < 4.78 is 13.4. The zero-order chi connectivity index (χ0) is 22.6. The SMILES string of the molecule is O=C(NC1CCN(Cc2ccc3cc(F)ccc3c2)CC1)c1cccc(-c2ccccc2)c1. The quantitative estimate of drug-likeness (QED) is 0.412. The predicted molar refractivity (Wildman–Crippen MR) is 132 cm³/mol. The van der Waals surface area contributed by atoms with Crippen LogP contribution in [0.5, 0.6) is 0 Å². The Bertz CT molecular complexity index is 1260. The van der Waals surface area contributed by atoms with Crippen LogP contribution >= 0.6 is 0 Å². The highest BCUT2D eigenvalue weighted by Gasteiger charge is 2.21. The van der Waals surface area contributed by atoms with E-state index < -0.39 is 0 Å². The molecule has 0 unspecified atom stereocenters. The fourth-order valence-electron chi connectivity index (χ4n) is 4.60. The molecule has 0 spiro atoms. The van der Waals surface area contributed by atoms with Crippen LogP contribution in [0.2, 0.25) is 0 Å². The lowest BCUT2D eigenvalue weighted by Gasteiger charge is -2.32. The van der Waals surface area contributed by atoms with Crippen molar-refractivity contribution in [2.24, 2.45) is 0 Å². The van der Waals surface area contributed by atoms with E-state index in [1.807, 2.05) is 54.6 Å². The van der Waals surface area contributed by atoms with Crippen molar-refractivity contribution in [3.63, 3.8) is 0 Å². The van der Waals surface area contributed by atoms with Crippen LogP contribution in [0.15, 0.2) is 91.0 Å². The van der Waals surface area contributed by atoms with Crippen LogP contribution in [0, 0.1) is 5.82 Å². The summed E-state index contributed by atoms with van der Waals surface area (Å²) in [5, 5.41) is 5.22. The zero-order valence-electron chi connectivity index (χ0n) is 18.5. The van der Waals surface area contributed by atoms with Crippen molar-refractivity contribution in [3.8, 4) is 11.1 Å². The van der Waals surface area contributed by atoms with E-state index in [2.05, 4.69) is 34.5 Å². The molecule has 1 saturated heterocycles. The van der Waals surface area contributed by atoms with Gasteiger partial charge in [0.1, 0.15) is 5.82 Å². The van der Waals surface area contributed by atoms with Gasteiger partial charge in [0.15, 0.2) is 0 Å². The van der Waals surface area contributed by atoms with Crippen LogP contribution in [-0.2, 0) is 6.54 Å². The third-order valence-electron chi connectivity index (χ3n) is 6.43. The second-order valence-corrected chi connectivity index (χ2v) is 8.80. The van der Waals surface area contributed by atoms with Crippen LogP contribution in [0.25, 0.3) is 21.9 Å². The van der Waals surface area contributed by atoms with Crippen LogP contribution in [0.3, 0.4) is 0 Å². The molecule has 4 aromatic rings. The molecular formula is C29H27FN2O. The summed E-state index contributed by atoms with van der Waals surface area (Å²) in [6.45, 7) is 2.75. The van der Waals surface area contributed by atoms with Crippen LogP contribution in [0.1, 0.15) is 28.8 Å². The number of piperidine rings is 1. The highest BCUT2D eigenvalue weighted by Crippen LogP contribution is 2.22. The Hall–Kier alpha value is -3.50. The summed E-state index contributed by atoms with van der Waals surface area (Å²) in [6, 6.07) is 29.3. The summed E-state index contributed by atoms with van der Waals surface area (Å²) in [6.07, 6.45) is 1.87. The average Bonchev–Trinajstić information content (AvgIpc) is 2.86. The topological polar surface area (TPSA) is 32.3 Å². The first-order chi connectivity index (χ1) is 16.1. The standard InChI is InChI=1S/C29H27FN2O/c30-27-12-11-24-17-21(9-10-25(24)19-27)20-32-15-13-28(14-16-32)31-29(33)26-8-4-7-23(18-26)22-5-2-1-3-6-22/h1-12,17-19,28H,13-16,20H2,(H,31,33). The summed E-state index contributed by atoms with van der Waals surface area (Å²) in [4.78, 5) is 15.3. The molecule has 0 aromatic heterocycles. The van der Waals surface area contributed by atoms with Crippen molar-refractivity contribution in [2.45, 2.75) is 25.4 Å². The zero-order valence-corrected chi connectivity index (χ0v) is 18.5. The molecule has 1 aliphatic heterocycles. The lowest BCUT2D eigenvalue weighted by molar-refractivity contribution is 0.0909. The van der Waals surface area contributed by atoms with Crippen molar-refractivity contribution in [1.82, 2.24) is 10.2 Å². The smallest absolute Gasteiger partial charge is 0.251 e. The van der Waals surface area contributed by atoms with Crippen molar-refractivity contribution in [1.29, 1.82) is 0 Å². The number of benzene rings is 4. The van der Waals surface area contributed by atoms with E-state index in [0.717, 1.165) is 54.4 Å². The Labute approximate surface area is 193 Å². The van der Waals surface area contributed by atoms with Gasteiger partial charge in [0.05, 0.1) is 0 Å². The highest BCUT2D eigenvalue weighted by atomic mass is 19.1. The Kier molecular flexibility index (Phi) is 6.18. The Morgan fingerprint density at radius 1 is 0.818 bits per heavy atom. The van der Waals surface area contributed by atoms with E-state index in [-0.39, 0.29) is 17.8 Å². The largest absolute Gasteiger partial charge is 0.349 e. The van der Waals surface area contributed by atoms with Gasteiger partial charge < -0.3 is 5.32 Å². The number of nitrogens with zero attached hydrogens (tertiary/aromatic N) is 1. The Morgan fingerprint density at radius 3 is 2.36 bits per heavy atom. The van der Waals surface area contributed by atoms with Crippen molar-refractivity contribution in [2.75, 3.05) is 13.1 Å². The van der Waals surface area contributed by atoms with E-state index in [4.69, 9.17) is 0 Å². The van der Waals surface area contributed by atoms with E-state index in [1.54, 1.807) is 6.07 Å². The third-order valence-corrected chi connectivity index (χ3v) is 6.43. The lowest BCUT2D eigenvalue weighted by Crippen LogP contribution is -2.44. The second-order valence-electron chi connectivity index (χ2n) is 8.80. The van der Waals surface area contributed by atoms with Gasteiger partial charge >= 0.3 is 0 Å². The summed E-state index contributed by atoms with van der Waals surface area (Å²) in [5.41, 5.74) is 4.09. The number of amides is 1. The van der Waals surface area contributed by atoms with E-state index in [1.165, 1.54) is 11.6 Å². The first-order valence-corrected chi connectivity index (χ1v) is 11.5. The fraction of sp³-hybridized carbons (Fsp3) is 0.207. The van der Waals surface area contributed by atoms with Gasteiger partial charge in [0.2, 0.25) is 0 Å². The number of carbonyl (C=O) groups excluding carboxylic acids is 1. The van der Waals surface area contributed by atoms with Crippen molar-refractivity contribution in [3.05, 3.63) is 108 Å². The third kappa shape index (κ3) is 5.12. The molecule has 33 heavy (non-hydrogen) atoms. The molecule has 0 atom stereocenters. The van der Waals surface area contributed by atoms with Crippen LogP contribution in [0.4, 0.5) is 4.39 Å². The number of hydrogen-bond acceptors (Lipinski definition) is 2. The van der Waals surface area contributed by atoms with Gasteiger partial charge in [-0.15, -0.1) is 0 Å². The molecule has 1 amide bonds. The molecule has 4 heteroatoms. The number of fused-ring (bicyclic) bond motifs is 1. The van der Waals surface area contributed by atoms with E-state index in [9.17, 15) is 9.18 Å². The van der Waals surface area contributed by atoms with Crippen molar-refractivity contribution >= 4 is 16.7 Å². The summed E-state index contributed by atoms with van der Waals surface area (Å²) in [7, 11) is 0. The van der Waals surface area contributed by atoms with Crippen molar-refractivity contribution < 1.29 is 9.18 Å². The molecule has 5 rings (SSSR count). The average molecular weight is 439 g/mol. The van der Waals surface area contributed by atoms with Crippen LogP contribution < -0.4 is 5.32 Å². The Morgan fingerprint density at radius 2 is 1.55 bits per heavy atom. The van der Waals surface area contributed by atoms with E-state index in [0.29, 0.717) is 5.56 Å². The lowest BCUT2D eigenvalue weighted by atomic mass is 10.0. The fourth-order valence-corrected chi connectivity index (χ4v) is 4.60. The number of hydrogen-bond donors (Lipinski definition) is 1. The number of nitrogens with one attached hydrogen (secondary N) is 1. The molecule has 4 aromatic carbocycles. The molecule has 166 valence electrons. The summed E-state index contributed by atoms with van der Waals surface area (Å²) in [5.74, 6) is -0.209. The maximum Gasteiger partial charge on any atom is 0.251 e. The molecule has 1 aliphatic rings. The first-order valence-electron chi connectivity index (χ1n) is 11.5. The van der Waals surface area contributed by atoms with E-state index >= 15 is 0 Å². The molecule has 0 bridgehead atoms. The molecule has 1 heterocycles. The van der Waals surface area contributed by atoms with Gasteiger partial charge in [-0.25, -0.2) is 4.39 Å². The molecule has 1 N–H and O–H groups in total. The van der Waals surface area contributed by atoms with Gasteiger partial charge in [-0.1, -0.05) is 60.7 Å². The molecule has 3 nitrogen and oxygen atoms in total. The molecule has 1 fully saturated rings. The maximum atomic E-state index is 13.4. The first kappa shape index (κ1) is 21.4. The van der Waals surface area contributed by atoms with Crippen LogP contribution in [-0.4, -0.2) is 29.9 Å². The maximum absolute atomic E-state index is 13.4. The normalized spacial score (nSPS) is 14.9. The Balaban J connectivity index is 1.16. The van der Waals surface area contributed by atoms with Gasteiger partial charge in [-0.2, -0.15) is 0 Å².